The Morgan fingerprint density at radius 2 is 1.78 bits per heavy atom. The molecule has 7 rings (SSSR count). The standard InChI is InChI=1S/C41H40Cl2FN5O5/c1-48-17-16-34-33(22-48)46-39(49(34)2)40(50)47-31-9-5-8-29(38(31)43)26-6-4-7-28-27(26)14-15-35(28)54-37-20-36(53-3)24(19-30(37)42)21-45-32(41(51)52)18-23-10-12-25(44)13-11-23/h4-13,19-20,32,35,45H,14-18,21-22H2,1-3H3,(H,47,50)(H,51,52). The number of carbonyl (C=O) groups excluding carboxylic acids is 1. The lowest BCUT2D eigenvalue weighted by Crippen LogP contribution is -2.38. The van der Waals surface area contributed by atoms with Crippen LogP contribution in [0.2, 0.25) is 10.0 Å². The number of anilines is 1. The summed E-state index contributed by atoms with van der Waals surface area (Å²) < 4.78 is 27.4. The summed E-state index contributed by atoms with van der Waals surface area (Å²) in [6.45, 7) is 1.78. The first kappa shape index (κ1) is 37.4. The smallest absolute Gasteiger partial charge is 0.321 e. The number of benzene rings is 4. The summed E-state index contributed by atoms with van der Waals surface area (Å²) in [4.78, 5) is 32.3. The molecule has 280 valence electrons. The summed E-state index contributed by atoms with van der Waals surface area (Å²) in [5.41, 5.74) is 7.70. The fourth-order valence-corrected chi connectivity index (χ4v) is 7.86. The van der Waals surface area contributed by atoms with Crippen molar-refractivity contribution in [3.63, 3.8) is 0 Å². The molecule has 2 atom stereocenters. The number of imidazole rings is 1. The second kappa shape index (κ2) is 15.8. The van der Waals surface area contributed by atoms with Crippen LogP contribution in [0.3, 0.4) is 0 Å². The number of hydrogen-bond acceptors (Lipinski definition) is 7. The molecule has 3 N–H and O–H groups in total. The number of rotatable bonds is 12. The zero-order valence-corrected chi connectivity index (χ0v) is 31.6. The molecule has 0 radical (unpaired) electrons. The van der Waals surface area contributed by atoms with Gasteiger partial charge in [0.05, 0.1) is 28.5 Å². The molecule has 2 aliphatic rings. The molecule has 0 spiro atoms. The molecule has 1 aliphatic heterocycles. The van der Waals surface area contributed by atoms with E-state index in [1.54, 1.807) is 30.3 Å². The highest BCUT2D eigenvalue weighted by atomic mass is 35.5. The van der Waals surface area contributed by atoms with Gasteiger partial charge in [-0.15, -0.1) is 0 Å². The van der Waals surface area contributed by atoms with Crippen LogP contribution in [0.25, 0.3) is 11.1 Å². The van der Waals surface area contributed by atoms with Gasteiger partial charge in [0.15, 0.2) is 5.82 Å². The van der Waals surface area contributed by atoms with Crippen molar-refractivity contribution in [1.29, 1.82) is 0 Å². The van der Waals surface area contributed by atoms with E-state index in [1.165, 1.54) is 19.2 Å². The van der Waals surface area contributed by atoms with Gasteiger partial charge in [0.2, 0.25) is 0 Å². The Hall–Kier alpha value is -4.94. The molecular formula is C41H40Cl2FN5O5. The van der Waals surface area contributed by atoms with E-state index < -0.39 is 12.0 Å². The Balaban J connectivity index is 1.07. The monoisotopic (exact) mass is 771 g/mol. The molecule has 1 aromatic heterocycles. The van der Waals surface area contributed by atoms with Gasteiger partial charge >= 0.3 is 5.97 Å². The molecule has 2 unspecified atom stereocenters. The summed E-state index contributed by atoms with van der Waals surface area (Å²) in [7, 11) is 5.45. The SMILES string of the molecule is COc1cc(OC2CCc3c(-c4cccc(NC(=O)c5nc6c(n5C)CCN(C)C6)c4Cl)cccc32)c(Cl)cc1CNC(Cc1ccc(F)cc1)C(=O)O. The van der Waals surface area contributed by atoms with Crippen LogP contribution in [0.1, 0.15) is 56.8 Å². The molecule has 5 aromatic rings. The van der Waals surface area contributed by atoms with Gasteiger partial charge in [-0.2, -0.15) is 0 Å². The third kappa shape index (κ3) is 7.67. The van der Waals surface area contributed by atoms with Crippen LogP contribution >= 0.6 is 23.2 Å². The number of ether oxygens (including phenoxy) is 2. The van der Waals surface area contributed by atoms with E-state index in [4.69, 9.17) is 32.7 Å². The molecule has 0 bridgehead atoms. The number of fused-ring (bicyclic) bond motifs is 2. The van der Waals surface area contributed by atoms with Crippen LogP contribution in [0.4, 0.5) is 10.1 Å². The number of amides is 1. The largest absolute Gasteiger partial charge is 0.496 e. The summed E-state index contributed by atoms with van der Waals surface area (Å²) >= 11 is 13.8. The Morgan fingerprint density at radius 1 is 1.02 bits per heavy atom. The third-order valence-electron chi connectivity index (χ3n) is 10.2. The van der Waals surface area contributed by atoms with Crippen molar-refractivity contribution < 1.29 is 28.6 Å². The number of methoxy groups -OCH3 is 1. The Kier molecular flexibility index (Phi) is 10.9. The third-order valence-corrected chi connectivity index (χ3v) is 10.9. The van der Waals surface area contributed by atoms with E-state index >= 15 is 0 Å². The van der Waals surface area contributed by atoms with Gasteiger partial charge in [-0.3, -0.25) is 14.9 Å². The Bertz CT molecular complexity index is 2230. The fourth-order valence-electron chi connectivity index (χ4n) is 7.35. The minimum Gasteiger partial charge on any atom is -0.496 e. The van der Waals surface area contributed by atoms with Gasteiger partial charge in [-0.1, -0.05) is 65.7 Å². The topological polar surface area (TPSA) is 118 Å². The molecular weight excluding hydrogens is 732 g/mol. The van der Waals surface area contributed by atoms with Crippen molar-refractivity contribution >= 4 is 40.8 Å². The van der Waals surface area contributed by atoms with Crippen LogP contribution < -0.4 is 20.1 Å². The van der Waals surface area contributed by atoms with E-state index in [0.29, 0.717) is 57.1 Å². The number of carboxylic acid groups (broad SMARTS) is 1. The van der Waals surface area contributed by atoms with Crippen LogP contribution in [0.15, 0.2) is 72.8 Å². The number of nitrogens with one attached hydrogen (secondary N) is 2. The molecule has 4 aromatic carbocycles. The van der Waals surface area contributed by atoms with Crippen molar-refractivity contribution in [3.05, 3.63) is 128 Å². The molecule has 0 saturated carbocycles. The Morgan fingerprint density at radius 3 is 2.54 bits per heavy atom. The minimum atomic E-state index is -1.03. The van der Waals surface area contributed by atoms with Crippen molar-refractivity contribution in [2.45, 2.75) is 50.9 Å². The number of likely N-dealkylation sites (N-methyl/N-ethyl adjacent to an activating group) is 1. The van der Waals surface area contributed by atoms with Crippen molar-refractivity contribution in [3.8, 4) is 22.6 Å². The molecule has 10 nitrogen and oxygen atoms in total. The maximum absolute atomic E-state index is 13.5. The van der Waals surface area contributed by atoms with E-state index in [1.807, 2.05) is 49.0 Å². The summed E-state index contributed by atoms with van der Waals surface area (Å²) in [5.74, 6) is -0.455. The van der Waals surface area contributed by atoms with E-state index in [9.17, 15) is 19.1 Å². The highest BCUT2D eigenvalue weighted by Gasteiger charge is 2.29. The predicted molar refractivity (Wildman–Crippen MR) is 206 cm³/mol. The number of aromatic nitrogens is 2. The maximum Gasteiger partial charge on any atom is 0.321 e. The van der Waals surface area contributed by atoms with Gasteiger partial charge in [0.1, 0.15) is 29.5 Å². The zero-order valence-electron chi connectivity index (χ0n) is 30.1. The number of aliphatic carboxylic acids is 1. The summed E-state index contributed by atoms with van der Waals surface area (Å²) in [6.07, 6.45) is 2.14. The summed E-state index contributed by atoms with van der Waals surface area (Å²) in [5, 5.41) is 16.7. The van der Waals surface area contributed by atoms with Crippen molar-refractivity contribution in [2.75, 3.05) is 26.0 Å². The molecule has 0 saturated heterocycles. The van der Waals surface area contributed by atoms with Gasteiger partial charge in [0.25, 0.3) is 5.91 Å². The second-order valence-corrected chi connectivity index (χ2v) is 14.5. The number of carboxylic acids is 1. The molecule has 2 heterocycles. The van der Waals surface area contributed by atoms with Crippen LogP contribution in [0.5, 0.6) is 11.5 Å². The quantitative estimate of drug-likeness (QED) is 0.119. The molecule has 0 fully saturated rings. The first-order valence-electron chi connectivity index (χ1n) is 17.7. The van der Waals surface area contributed by atoms with Crippen molar-refractivity contribution in [1.82, 2.24) is 19.8 Å². The highest BCUT2D eigenvalue weighted by Crippen LogP contribution is 2.45. The van der Waals surface area contributed by atoms with Crippen LogP contribution in [-0.4, -0.2) is 58.2 Å². The maximum atomic E-state index is 13.5. The number of hydrogen-bond donors (Lipinski definition) is 3. The molecule has 54 heavy (non-hydrogen) atoms. The molecule has 1 amide bonds. The van der Waals surface area contributed by atoms with Crippen molar-refractivity contribution in [2.24, 2.45) is 7.05 Å². The van der Waals surface area contributed by atoms with Gasteiger partial charge in [0, 0.05) is 56.0 Å². The lowest BCUT2D eigenvalue weighted by Gasteiger charge is -2.21. The number of carbonyl (C=O) groups is 2. The second-order valence-electron chi connectivity index (χ2n) is 13.7. The summed E-state index contributed by atoms with van der Waals surface area (Å²) in [6, 6.07) is 19.9. The first-order chi connectivity index (χ1) is 26.0. The van der Waals surface area contributed by atoms with Gasteiger partial charge in [-0.05, 0) is 72.8 Å². The van der Waals surface area contributed by atoms with Crippen LogP contribution in [-0.2, 0) is 44.2 Å². The number of halogens is 3. The van der Waals surface area contributed by atoms with E-state index in [-0.39, 0.29) is 30.8 Å². The lowest BCUT2D eigenvalue weighted by atomic mass is 9.96. The fraction of sp³-hybridized carbons (Fsp3) is 0.293. The van der Waals surface area contributed by atoms with Crippen LogP contribution in [0, 0.1) is 5.82 Å². The zero-order chi connectivity index (χ0) is 38.1. The predicted octanol–water partition coefficient (Wildman–Crippen LogP) is 7.63. The highest BCUT2D eigenvalue weighted by molar-refractivity contribution is 6.36. The minimum absolute atomic E-state index is 0.165. The average molecular weight is 773 g/mol. The average Bonchev–Trinajstić information content (AvgIpc) is 3.72. The normalized spacial score (nSPS) is 15.7. The Labute approximate surface area is 322 Å². The van der Waals surface area contributed by atoms with E-state index in [2.05, 4.69) is 20.5 Å². The van der Waals surface area contributed by atoms with Gasteiger partial charge in [-0.25, -0.2) is 9.37 Å². The lowest BCUT2D eigenvalue weighted by molar-refractivity contribution is -0.139. The molecule has 13 heteroatoms. The van der Waals surface area contributed by atoms with Gasteiger partial charge < -0.3 is 29.4 Å². The molecule has 1 aliphatic carbocycles. The number of nitrogens with zero attached hydrogens (tertiary/aromatic N) is 3. The van der Waals surface area contributed by atoms with E-state index in [0.717, 1.165) is 53.0 Å². The first-order valence-corrected chi connectivity index (χ1v) is 18.4.